The van der Waals surface area contributed by atoms with Crippen LogP contribution in [0.15, 0.2) is 72.8 Å². The summed E-state index contributed by atoms with van der Waals surface area (Å²) in [5.74, 6) is 2.28. The molecule has 0 fully saturated rings. The lowest BCUT2D eigenvalue weighted by molar-refractivity contribution is 0.0937. The normalized spacial score (nSPS) is 11.8. The molecular formula is C27H29N3O3. The summed E-state index contributed by atoms with van der Waals surface area (Å²) in [7, 11) is 1.64. The van der Waals surface area contributed by atoms with Gasteiger partial charge in [0, 0.05) is 18.2 Å². The van der Waals surface area contributed by atoms with E-state index < -0.39 is 0 Å². The van der Waals surface area contributed by atoms with E-state index in [9.17, 15) is 4.79 Å². The lowest BCUT2D eigenvalue weighted by Crippen LogP contribution is -2.29. The van der Waals surface area contributed by atoms with Crippen LogP contribution in [-0.2, 0) is 6.54 Å². The lowest BCUT2D eigenvalue weighted by atomic mass is 10.1. The second-order valence-corrected chi connectivity index (χ2v) is 8.06. The molecule has 0 saturated carbocycles. The van der Waals surface area contributed by atoms with Gasteiger partial charge in [0.25, 0.3) is 5.91 Å². The van der Waals surface area contributed by atoms with Gasteiger partial charge in [0.05, 0.1) is 30.8 Å². The van der Waals surface area contributed by atoms with E-state index in [4.69, 9.17) is 14.5 Å². The van der Waals surface area contributed by atoms with Crippen molar-refractivity contribution in [3.05, 3.63) is 89.7 Å². The topological polar surface area (TPSA) is 65.4 Å². The summed E-state index contributed by atoms with van der Waals surface area (Å²) in [6, 6.07) is 23.0. The Kier molecular flexibility index (Phi) is 6.93. The summed E-state index contributed by atoms with van der Waals surface area (Å²) in [6.07, 6.45) is 0.795. The van der Waals surface area contributed by atoms with Crippen molar-refractivity contribution in [1.82, 2.24) is 14.9 Å². The second kappa shape index (κ2) is 10.2. The van der Waals surface area contributed by atoms with Crippen molar-refractivity contribution in [2.45, 2.75) is 32.9 Å². The van der Waals surface area contributed by atoms with Crippen molar-refractivity contribution in [3.8, 4) is 11.5 Å². The molecule has 6 nitrogen and oxygen atoms in total. The molecule has 0 saturated heterocycles. The zero-order chi connectivity index (χ0) is 23.2. The van der Waals surface area contributed by atoms with Gasteiger partial charge in [-0.2, -0.15) is 0 Å². The van der Waals surface area contributed by atoms with Gasteiger partial charge in [-0.05, 0) is 56.7 Å². The molecule has 0 aliphatic rings. The Morgan fingerprint density at radius 2 is 1.82 bits per heavy atom. The summed E-state index contributed by atoms with van der Waals surface area (Å²) in [5, 5.41) is 3.10. The smallest absolute Gasteiger partial charge is 0.251 e. The van der Waals surface area contributed by atoms with E-state index >= 15 is 0 Å². The highest BCUT2D eigenvalue weighted by Gasteiger charge is 2.19. The molecule has 1 aromatic heterocycles. The highest BCUT2D eigenvalue weighted by Crippen LogP contribution is 2.23. The minimum absolute atomic E-state index is 0.105. The number of rotatable bonds is 9. The summed E-state index contributed by atoms with van der Waals surface area (Å²) < 4.78 is 13.3. The molecule has 0 bridgehead atoms. The summed E-state index contributed by atoms with van der Waals surface area (Å²) >= 11 is 0. The van der Waals surface area contributed by atoms with Crippen LogP contribution in [0.25, 0.3) is 11.0 Å². The molecule has 3 aromatic carbocycles. The van der Waals surface area contributed by atoms with E-state index in [2.05, 4.69) is 16.0 Å². The van der Waals surface area contributed by atoms with Crippen molar-refractivity contribution < 1.29 is 14.3 Å². The third-order valence-electron chi connectivity index (χ3n) is 5.54. The van der Waals surface area contributed by atoms with Crippen LogP contribution in [0.4, 0.5) is 0 Å². The summed E-state index contributed by atoms with van der Waals surface area (Å²) in [5.41, 5.74) is 3.66. The number of hydrogen-bond acceptors (Lipinski definition) is 4. The predicted molar refractivity (Wildman–Crippen MR) is 130 cm³/mol. The van der Waals surface area contributed by atoms with Gasteiger partial charge in [-0.3, -0.25) is 4.79 Å². The number of methoxy groups -OCH3 is 1. The van der Waals surface area contributed by atoms with Crippen molar-refractivity contribution in [2.24, 2.45) is 0 Å². The van der Waals surface area contributed by atoms with Gasteiger partial charge >= 0.3 is 0 Å². The number of benzene rings is 3. The Balaban J connectivity index is 1.47. The molecule has 0 aliphatic carbocycles. The highest BCUT2D eigenvalue weighted by molar-refractivity contribution is 5.94. The third-order valence-corrected chi connectivity index (χ3v) is 5.54. The maximum absolute atomic E-state index is 12.8. The van der Waals surface area contributed by atoms with Crippen LogP contribution in [0.5, 0.6) is 11.5 Å². The average Bonchev–Trinajstić information content (AvgIpc) is 3.20. The number of nitrogens with zero attached hydrogens (tertiary/aromatic N) is 2. The maximum Gasteiger partial charge on any atom is 0.251 e. The molecular weight excluding hydrogens is 414 g/mol. The number of nitrogens with one attached hydrogen (secondary N) is 1. The Morgan fingerprint density at radius 3 is 2.64 bits per heavy atom. The van der Waals surface area contributed by atoms with Crippen LogP contribution >= 0.6 is 0 Å². The molecule has 1 atom stereocenters. The van der Waals surface area contributed by atoms with Gasteiger partial charge in [0.2, 0.25) is 0 Å². The number of para-hydroxylation sites is 2. The first-order valence-corrected chi connectivity index (χ1v) is 11.1. The Morgan fingerprint density at radius 1 is 1.03 bits per heavy atom. The number of carbonyl (C=O) groups excluding carboxylic acids is 1. The van der Waals surface area contributed by atoms with Gasteiger partial charge in [-0.1, -0.05) is 35.9 Å². The molecule has 1 N–H and O–H groups in total. The first-order valence-electron chi connectivity index (χ1n) is 11.1. The van der Waals surface area contributed by atoms with E-state index in [0.717, 1.165) is 46.9 Å². The number of fused-ring (bicyclic) bond motifs is 1. The lowest BCUT2D eigenvalue weighted by Gasteiger charge is -2.17. The predicted octanol–water partition coefficient (Wildman–Crippen LogP) is 5.31. The molecule has 1 unspecified atom stereocenters. The van der Waals surface area contributed by atoms with Crippen LogP contribution in [0.1, 0.15) is 41.1 Å². The molecule has 4 rings (SSSR count). The summed E-state index contributed by atoms with van der Waals surface area (Å²) in [6.45, 7) is 5.24. The standard InChI is InChI=1S/C27H29N3O3/c1-19-9-6-10-21(17-19)27(31)28-20(2)26-29-24-13-4-5-14-25(24)30(26)15-8-16-33-23-12-7-11-22(18-23)32-3/h4-7,9-14,17-18,20H,8,15-16H2,1-3H3,(H,28,31). The number of amides is 1. The van der Waals surface area contributed by atoms with E-state index in [0.29, 0.717) is 12.2 Å². The third kappa shape index (κ3) is 5.34. The van der Waals surface area contributed by atoms with Crippen LogP contribution in [-0.4, -0.2) is 29.2 Å². The SMILES string of the molecule is COc1cccc(OCCCn2c(C(C)NC(=O)c3cccc(C)c3)nc3ccccc32)c1. The molecule has 4 aromatic rings. The fourth-order valence-electron chi connectivity index (χ4n) is 3.89. The number of aryl methyl sites for hydroxylation is 2. The largest absolute Gasteiger partial charge is 0.497 e. The molecule has 1 heterocycles. The van der Waals surface area contributed by atoms with Crippen molar-refractivity contribution >= 4 is 16.9 Å². The molecule has 0 radical (unpaired) electrons. The number of aromatic nitrogens is 2. The number of imidazole rings is 1. The van der Waals surface area contributed by atoms with Crippen molar-refractivity contribution in [3.63, 3.8) is 0 Å². The zero-order valence-electron chi connectivity index (χ0n) is 19.2. The number of hydrogen-bond donors (Lipinski definition) is 1. The quantitative estimate of drug-likeness (QED) is 0.356. The van der Waals surface area contributed by atoms with E-state index in [1.54, 1.807) is 7.11 Å². The van der Waals surface area contributed by atoms with Crippen LogP contribution in [0.3, 0.4) is 0 Å². The van der Waals surface area contributed by atoms with E-state index in [-0.39, 0.29) is 11.9 Å². The average molecular weight is 444 g/mol. The minimum atomic E-state index is -0.246. The van der Waals surface area contributed by atoms with Crippen molar-refractivity contribution in [1.29, 1.82) is 0 Å². The minimum Gasteiger partial charge on any atom is -0.497 e. The fourth-order valence-corrected chi connectivity index (χ4v) is 3.89. The number of ether oxygens (including phenoxy) is 2. The van der Waals surface area contributed by atoms with Gasteiger partial charge < -0.3 is 19.4 Å². The molecule has 33 heavy (non-hydrogen) atoms. The maximum atomic E-state index is 12.8. The number of carbonyl (C=O) groups is 1. The molecule has 6 heteroatoms. The zero-order valence-corrected chi connectivity index (χ0v) is 19.2. The van der Waals surface area contributed by atoms with E-state index in [1.165, 1.54) is 0 Å². The summed E-state index contributed by atoms with van der Waals surface area (Å²) in [4.78, 5) is 17.6. The fraction of sp³-hybridized carbons (Fsp3) is 0.259. The molecule has 1 amide bonds. The first-order chi connectivity index (χ1) is 16.0. The highest BCUT2D eigenvalue weighted by atomic mass is 16.5. The second-order valence-electron chi connectivity index (χ2n) is 8.06. The monoisotopic (exact) mass is 443 g/mol. The Hall–Kier alpha value is -3.80. The first kappa shape index (κ1) is 22.4. The Bertz CT molecular complexity index is 1250. The van der Waals surface area contributed by atoms with Gasteiger partial charge in [0.15, 0.2) is 0 Å². The van der Waals surface area contributed by atoms with Gasteiger partial charge in [-0.25, -0.2) is 4.98 Å². The van der Waals surface area contributed by atoms with Gasteiger partial charge in [0.1, 0.15) is 17.3 Å². The van der Waals surface area contributed by atoms with E-state index in [1.807, 2.05) is 80.6 Å². The van der Waals surface area contributed by atoms with Crippen LogP contribution in [0, 0.1) is 6.92 Å². The molecule has 0 spiro atoms. The molecule has 170 valence electrons. The van der Waals surface area contributed by atoms with Crippen LogP contribution < -0.4 is 14.8 Å². The van der Waals surface area contributed by atoms with Gasteiger partial charge in [-0.15, -0.1) is 0 Å². The van der Waals surface area contributed by atoms with Crippen molar-refractivity contribution in [2.75, 3.05) is 13.7 Å². The molecule has 0 aliphatic heterocycles. The van der Waals surface area contributed by atoms with Crippen LogP contribution in [0.2, 0.25) is 0 Å². The Labute approximate surface area is 194 Å².